The molecule has 2 rings (SSSR count). The summed E-state index contributed by atoms with van der Waals surface area (Å²) in [5.41, 5.74) is -0.572. The van der Waals surface area contributed by atoms with E-state index in [0.717, 1.165) is 24.5 Å². The number of likely N-dealkylation sites (tertiary alicyclic amines) is 1. The molecule has 0 bridgehead atoms. The van der Waals surface area contributed by atoms with Gasteiger partial charge in [-0.25, -0.2) is 4.98 Å². The zero-order chi connectivity index (χ0) is 12.5. The van der Waals surface area contributed by atoms with Gasteiger partial charge in [0.2, 0.25) is 0 Å². The molecule has 0 radical (unpaired) electrons. The quantitative estimate of drug-likeness (QED) is 0.893. The van der Waals surface area contributed by atoms with E-state index in [1.165, 1.54) is 0 Å². The molecular formula is C12H18N2O2S. The van der Waals surface area contributed by atoms with Gasteiger partial charge in [-0.1, -0.05) is 13.8 Å². The molecule has 0 spiro atoms. The van der Waals surface area contributed by atoms with Gasteiger partial charge in [-0.05, 0) is 18.9 Å². The molecule has 94 valence electrons. The third kappa shape index (κ3) is 2.35. The topological polar surface area (TPSA) is 53.4 Å². The van der Waals surface area contributed by atoms with Crippen molar-refractivity contribution < 1.29 is 9.90 Å². The van der Waals surface area contributed by atoms with Crippen LogP contribution in [0.5, 0.6) is 0 Å². The van der Waals surface area contributed by atoms with E-state index >= 15 is 0 Å². The van der Waals surface area contributed by atoms with E-state index in [2.05, 4.69) is 9.88 Å². The number of thiazole rings is 1. The minimum absolute atomic E-state index is 0.168. The molecule has 17 heavy (non-hydrogen) atoms. The largest absolute Gasteiger partial charge is 0.481 e. The van der Waals surface area contributed by atoms with Crippen LogP contribution in [0.2, 0.25) is 0 Å². The molecule has 1 aromatic rings. The van der Waals surface area contributed by atoms with Crippen LogP contribution in [-0.4, -0.2) is 34.0 Å². The highest BCUT2D eigenvalue weighted by Gasteiger charge is 2.47. The molecule has 1 fully saturated rings. The lowest BCUT2D eigenvalue weighted by Crippen LogP contribution is -2.39. The van der Waals surface area contributed by atoms with Gasteiger partial charge < -0.3 is 5.11 Å². The van der Waals surface area contributed by atoms with E-state index in [-0.39, 0.29) is 5.92 Å². The van der Waals surface area contributed by atoms with Crippen molar-refractivity contribution >= 4 is 17.3 Å². The highest BCUT2D eigenvalue weighted by atomic mass is 32.1. The Morgan fingerprint density at radius 1 is 1.71 bits per heavy atom. The number of carboxylic acid groups (broad SMARTS) is 1. The van der Waals surface area contributed by atoms with E-state index in [4.69, 9.17) is 0 Å². The Bertz CT molecular complexity index is 391. The van der Waals surface area contributed by atoms with Gasteiger partial charge in [-0.2, -0.15) is 0 Å². The number of aromatic nitrogens is 1. The summed E-state index contributed by atoms with van der Waals surface area (Å²) in [7, 11) is 0. The van der Waals surface area contributed by atoms with E-state index in [9.17, 15) is 9.90 Å². The molecule has 0 saturated carbocycles. The van der Waals surface area contributed by atoms with Gasteiger partial charge in [0.25, 0.3) is 0 Å². The van der Waals surface area contributed by atoms with Gasteiger partial charge in [-0.15, -0.1) is 11.3 Å². The highest BCUT2D eigenvalue weighted by molar-refractivity contribution is 7.09. The summed E-state index contributed by atoms with van der Waals surface area (Å²) in [5.74, 6) is -0.490. The van der Waals surface area contributed by atoms with Crippen molar-refractivity contribution in [1.82, 2.24) is 9.88 Å². The fourth-order valence-corrected chi connectivity index (χ4v) is 3.12. The normalized spacial score (nSPS) is 25.6. The lowest BCUT2D eigenvalue weighted by atomic mass is 9.76. The van der Waals surface area contributed by atoms with Gasteiger partial charge >= 0.3 is 5.97 Å². The fourth-order valence-electron chi connectivity index (χ4n) is 2.46. The van der Waals surface area contributed by atoms with E-state index in [1.807, 2.05) is 19.2 Å². The van der Waals surface area contributed by atoms with E-state index in [0.29, 0.717) is 6.54 Å². The first-order valence-corrected chi connectivity index (χ1v) is 6.77. The van der Waals surface area contributed by atoms with Crippen LogP contribution in [0.15, 0.2) is 11.6 Å². The average molecular weight is 254 g/mol. The predicted molar refractivity (Wildman–Crippen MR) is 66.9 cm³/mol. The number of hydrogen-bond donors (Lipinski definition) is 1. The standard InChI is InChI=1S/C12H18N2O2S/c1-9(2)12(11(15)16)3-5-14(8-12)7-10-13-4-6-17-10/h4,6,9H,3,5,7-8H2,1-2H3,(H,15,16). The second-order valence-corrected chi connectivity index (χ2v) is 5.98. The molecule has 0 amide bonds. The zero-order valence-corrected chi connectivity index (χ0v) is 11.0. The van der Waals surface area contributed by atoms with Crippen LogP contribution < -0.4 is 0 Å². The van der Waals surface area contributed by atoms with Crippen LogP contribution in [0.25, 0.3) is 0 Å². The summed E-state index contributed by atoms with van der Waals surface area (Å²) in [6.45, 7) is 6.27. The van der Waals surface area contributed by atoms with Crippen molar-refractivity contribution in [2.45, 2.75) is 26.8 Å². The lowest BCUT2D eigenvalue weighted by Gasteiger charge is -2.28. The van der Waals surface area contributed by atoms with Gasteiger partial charge in [0.1, 0.15) is 5.01 Å². The summed E-state index contributed by atoms with van der Waals surface area (Å²) in [6.07, 6.45) is 2.54. The van der Waals surface area contributed by atoms with Crippen molar-refractivity contribution in [1.29, 1.82) is 0 Å². The van der Waals surface area contributed by atoms with Crippen LogP contribution in [0.1, 0.15) is 25.3 Å². The van der Waals surface area contributed by atoms with Crippen LogP contribution in [0, 0.1) is 11.3 Å². The van der Waals surface area contributed by atoms with Crippen molar-refractivity contribution in [2.75, 3.05) is 13.1 Å². The zero-order valence-electron chi connectivity index (χ0n) is 10.2. The number of carbonyl (C=O) groups is 1. The number of carboxylic acids is 1. The second-order valence-electron chi connectivity index (χ2n) is 5.00. The maximum absolute atomic E-state index is 11.5. The molecule has 1 aliphatic rings. The average Bonchev–Trinajstić information content (AvgIpc) is 2.87. The molecule has 0 aromatic carbocycles. The Hall–Kier alpha value is -0.940. The van der Waals surface area contributed by atoms with Gasteiger partial charge in [0.05, 0.1) is 12.0 Å². The lowest BCUT2D eigenvalue weighted by molar-refractivity contribution is -0.151. The minimum atomic E-state index is -0.658. The Morgan fingerprint density at radius 3 is 2.94 bits per heavy atom. The monoisotopic (exact) mass is 254 g/mol. The van der Waals surface area contributed by atoms with Crippen molar-refractivity contribution in [3.05, 3.63) is 16.6 Å². The molecule has 4 nitrogen and oxygen atoms in total. The van der Waals surface area contributed by atoms with Crippen LogP contribution in [0.4, 0.5) is 0 Å². The molecule has 1 unspecified atom stereocenters. The molecule has 1 aromatic heterocycles. The summed E-state index contributed by atoms with van der Waals surface area (Å²) in [6, 6.07) is 0. The Morgan fingerprint density at radius 2 is 2.47 bits per heavy atom. The summed E-state index contributed by atoms with van der Waals surface area (Å²) in [5, 5.41) is 12.5. The van der Waals surface area contributed by atoms with Crippen molar-refractivity contribution in [3.8, 4) is 0 Å². The van der Waals surface area contributed by atoms with Gasteiger partial charge in [0, 0.05) is 18.1 Å². The number of nitrogens with zero attached hydrogens (tertiary/aromatic N) is 2. The number of aliphatic carboxylic acids is 1. The summed E-state index contributed by atoms with van der Waals surface area (Å²) >= 11 is 1.63. The molecule has 1 saturated heterocycles. The Labute approximate surface area is 105 Å². The Balaban J connectivity index is 2.05. The smallest absolute Gasteiger partial charge is 0.311 e. The van der Waals surface area contributed by atoms with Crippen molar-refractivity contribution in [2.24, 2.45) is 11.3 Å². The first kappa shape index (κ1) is 12.5. The van der Waals surface area contributed by atoms with Crippen molar-refractivity contribution in [3.63, 3.8) is 0 Å². The number of hydrogen-bond acceptors (Lipinski definition) is 4. The number of rotatable bonds is 4. The first-order chi connectivity index (χ1) is 8.04. The molecule has 1 aliphatic heterocycles. The Kier molecular flexibility index (Phi) is 3.49. The van der Waals surface area contributed by atoms with Crippen LogP contribution >= 0.6 is 11.3 Å². The maximum atomic E-state index is 11.5. The molecule has 2 heterocycles. The molecule has 1 atom stereocenters. The van der Waals surface area contributed by atoms with Gasteiger partial charge in [0.15, 0.2) is 0 Å². The SMILES string of the molecule is CC(C)C1(C(=O)O)CCN(Cc2nccs2)C1. The summed E-state index contributed by atoms with van der Waals surface area (Å²) in [4.78, 5) is 17.9. The minimum Gasteiger partial charge on any atom is -0.481 e. The summed E-state index contributed by atoms with van der Waals surface area (Å²) < 4.78 is 0. The van der Waals surface area contributed by atoms with E-state index in [1.54, 1.807) is 17.5 Å². The van der Waals surface area contributed by atoms with Gasteiger partial charge in [-0.3, -0.25) is 9.69 Å². The molecule has 5 heteroatoms. The third-order valence-electron chi connectivity index (χ3n) is 3.75. The second kappa shape index (κ2) is 4.74. The molecule has 1 N–H and O–H groups in total. The molecular weight excluding hydrogens is 236 g/mol. The highest BCUT2D eigenvalue weighted by Crippen LogP contribution is 2.38. The molecule has 0 aliphatic carbocycles. The first-order valence-electron chi connectivity index (χ1n) is 5.89. The third-order valence-corrected chi connectivity index (χ3v) is 4.52. The maximum Gasteiger partial charge on any atom is 0.311 e. The van der Waals surface area contributed by atoms with Crippen LogP contribution in [0.3, 0.4) is 0 Å². The van der Waals surface area contributed by atoms with E-state index < -0.39 is 11.4 Å². The van der Waals surface area contributed by atoms with Crippen LogP contribution in [-0.2, 0) is 11.3 Å². The predicted octanol–water partition coefficient (Wildman–Crippen LogP) is 2.08. The fraction of sp³-hybridized carbons (Fsp3) is 0.667.